The van der Waals surface area contributed by atoms with Gasteiger partial charge in [0.05, 0.1) is 7.11 Å². The van der Waals surface area contributed by atoms with Crippen molar-refractivity contribution in [2.24, 2.45) is 0 Å². The number of benzene rings is 1. The fourth-order valence-corrected chi connectivity index (χ4v) is 2.03. The van der Waals surface area contributed by atoms with Gasteiger partial charge < -0.3 is 19.3 Å². The lowest BCUT2D eigenvalue weighted by molar-refractivity contribution is -0.150. The second-order valence-corrected chi connectivity index (χ2v) is 4.25. The van der Waals surface area contributed by atoms with Crippen LogP contribution in [0.2, 0.25) is 5.02 Å². The minimum Gasteiger partial charge on any atom is -0.486 e. The number of rotatable bonds is 2. The van der Waals surface area contributed by atoms with Gasteiger partial charge >= 0.3 is 5.97 Å². The van der Waals surface area contributed by atoms with Gasteiger partial charge in [-0.1, -0.05) is 11.6 Å². The highest BCUT2D eigenvalue weighted by Crippen LogP contribution is 2.42. The van der Waals surface area contributed by atoms with Crippen LogP contribution in [-0.4, -0.2) is 31.4 Å². The van der Waals surface area contributed by atoms with Crippen LogP contribution in [0.4, 0.5) is 0 Å². The second kappa shape index (κ2) is 5.04. The van der Waals surface area contributed by atoms with E-state index in [1.54, 1.807) is 13.0 Å². The highest BCUT2D eigenvalue weighted by atomic mass is 35.5. The quantitative estimate of drug-likeness (QED) is 0.829. The fraction of sp³-hybridized carbons (Fsp3) is 0.417. The van der Waals surface area contributed by atoms with Crippen molar-refractivity contribution in [1.29, 1.82) is 0 Å². The maximum Gasteiger partial charge on any atom is 0.339 e. The summed E-state index contributed by atoms with van der Waals surface area (Å²) in [5.41, 5.74) is 0.864. The Kier molecular flexibility index (Phi) is 3.63. The first kappa shape index (κ1) is 13.0. The van der Waals surface area contributed by atoms with Crippen molar-refractivity contribution in [3.8, 4) is 11.5 Å². The van der Waals surface area contributed by atoms with Crippen LogP contribution in [0.15, 0.2) is 6.07 Å². The maximum absolute atomic E-state index is 11.4. The van der Waals surface area contributed by atoms with E-state index in [0.717, 1.165) is 0 Å². The van der Waals surface area contributed by atoms with Crippen LogP contribution in [-0.2, 0) is 9.53 Å². The van der Waals surface area contributed by atoms with E-state index in [-0.39, 0.29) is 0 Å². The van der Waals surface area contributed by atoms with Crippen molar-refractivity contribution in [2.45, 2.75) is 13.0 Å². The minimum atomic E-state index is -1.44. The van der Waals surface area contributed by atoms with Gasteiger partial charge in [-0.15, -0.1) is 0 Å². The van der Waals surface area contributed by atoms with Gasteiger partial charge in [0.25, 0.3) is 0 Å². The Labute approximate surface area is 109 Å². The van der Waals surface area contributed by atoms with E-state index >= 15 is 0 Å². The van der Waals surface area contributed by atoms with Crippen LogP contribution in [0.1, 0.15) is 17.2 Å². The van der Waals surface area contributed by atoms with E-state index in [2.05, 4.69) is 4.74 Å². The van der Waals surface area contributed by atoms with E-state index < -0.39 is 12.1 Å². The molecule has 1 aromatic carbocycles. The number of carbonyl (C=O) groups is 1. The molecule has 0 spiro atoms. The number of esters is 1. The molecule has 1 atom stereocenters. The third-order valence-electron chi connectivity index (χ3n) is 2.77. The molecule has 6 heteroatoms. The summed E-state index contributed by atoms with van der Waals surface area (Å²) in [4.78, 5) is 11.4. The Bertz CT molecular complexity index is 486. The van der Waals surface area contributed by atoms with Gasteiger partial charge in [0, 0.05) is 16.7 Å². The Hall–Kier alpha value is -1.46. The highest BCUT2D eigenvalue weighted by molar-refractivity contribution is 6.31. The number of fused-ring (bicyclic) bond motifs is 1. The molecular weight excluding hydrogens is 260 g/mol. The van der Waals surface area contributed by atoms with E-state index in [1.165, 1.54) is 7.11 Å². The van der Waals surface area contributed by atoms with Crippen LogP contribution in [0.25, 0.3) is 0 Å². The summed E-state index contributed by atoms with van der Waals surface area (Å²) in [6.07, 6.45) is -1.44. The predicted molar refractivity (Wildman–Crippen MR) is 64.2 cm³/mol. The van der Waals surface area contributed by atoms with Crippen molar-refractivity contribution in [3.63, 3.8) is 0 Å². The molecule has 0 saturated heterocycles. The second-order valence-electron chi connectivity index (χ2n) is 3.85. The maximum atomic E-state index is 11.4. The molecule has 2 rings (SSSR count). The van der Waals surface area contributed by atoms with Gasteiger partial charge in [-0.05, 0) is 12.5 Å². The van der Waals surface area contributed by atoms with E-state index in [1.807, 2.05) is 0 Å². The van der Waals surface area contributed by atoms with Crippen molar-refractivity contribution in [1.82, 2.24) is 0 Å². The molecule has 0 aliphatic carbocycles. The predicted octanol–water partition coefficient (Wildman–Crippen LogP) is 1.63. The zero-order valence-corrected chi connectivity index (χ0v) is 10.8. The first-order chi connectivity index (χ1) is 8.56. The Morgan fingerprint density at radius 1 is 1.50 bits per heavy atom. The number of ether oxygens (including phenoxy) is 3. The van der Waals surface area contributed by atoms with Crippen LogP contribution < -0.4 is 9.47 Å². The fourth-order valence-electron chi connectivity index (χ4n) is 1.83. The number of aliphatic hydroxyl groups excluding tert-OH is 1. The van der Waals surface area contributed by atoms with Gasteiger partial charge in [-0.2, -0.15) is 0 Å². The molecular formula is C12H13ClO5. The lowest BCUT2D eigenvalue weighted by Crippen LogP contribution is -2.21. The van der Waals surface area contributed by atoms with E-state index in [0.29, 0.717) is 40.9 Å². The normalized spacial score (nSPS) is 15.1. The molecule has 0 aromatic heterocycles. The van der Waals surface area contributed by atoms with E-state index in [9.17, 15) is 9.90 Å². The molecule has 0 bridgehead atoms. The van der Waals surface area contributed by atoms with Gasteiger partial charge in [0.1, 0.15) is 13.2 Å². The summed E-state index contributed by atoms with van der Waals surface area (Å²) in [6.45, 7) is 2.46. The number of carbonyl (C=O) groups excluding carboxylic acids is 1. The molecule has 0 fully saturated rings. The van der Waals surface area contributed by atoms with Crippen LogP contribution in [0, 0.1) is 6.92 Å². The molecule has 0 saturated carbocycles. The Balaban J connectivity index is 2.56. The molecule has 1 unspecified atom stereocenters. The molecule has 1 aliphatic rings. The van der Waals surface area contributed by atoms with Crippen LogP contribution in [0.5, 0.6) is 11.5 Å². The standard InChI is InChI=1S/C12H13ClO5/c1-6-7(13)5-8-11(18-4-3-17-8)9(6)10(14)12(15)16-2/h5,10,14H,3-4H2,1-2H3. The summed E-state index contributed by atoms with van der Waals surface area (Å²) in [6, 6.07) is 1.61. The van der Waals surface area contributed by atoms with Crippen LogP contribution in [0.3, 0.4) is 0 Å². The topological polar surface area (TPSA) is 65.0 Å². The Morgan fingerprint density at radius 3 is 2.83 bits per heavy atom. The number of halogens is 1. The van der Waals surface area contributed by atoms with Gasteiger partial charge in [-0.25, -0.2) is 4.79 Å². The van der Waals surface area contributed by atoms with Crippen molar-refractivity contribution >= 4 is 17.6 Å². The highest BCUT2D eigenvalue weighted by Gasteiger charge is 2.29. The van der Waals surface area contributed by atoms with Crippen molar-refractivity contribution in [2.75, 3.05) is 20.3 Å². The number of methoxy groups -OCH3 is 1. The smallest absolute Gasteiger partial charge is 0.339 e. The molecule has 1 N–H and O–H groups in total. The molecule has 1 aliphatic heterocycles. The molecule has 1 heterocycles. The third kappa shape index (κ3) is 2.11. The zero-order chi connectivity index (χ0) is 13.3. The molecule has 5 nitrogen and oxygen atoms in total. The largest absolute Gasteiger partial charge is 0.486 e. The third-order valence-corrected chi connectivity index (χ3v) is 3.17. The number of hydrogen-bond donors (Lipinski definition) is 1. The van der Waals surface area contributed by atoms with Crippen molar-refractivity contribution in [3.05, 3.63) is 22.2 Å². The average molecular weight is 273 g/mol. The summed E-state index contributed by atoms with van der Waals surface area (Å²) in [5, 5.41) is 10.4. The summed E-state index contributed by atoms with van der Waals surface area (Å²) in [5.74, 6) is 0.00703. The first-order valence-electron chi connectivity index (χ1n) is 5.40. The first-order valence-corrected chi connectivity index (χ1v) is 5.78. The number of hydrogen-bond acceptors (Lipinski definition) is 5. The van der Waals surface area contributed by atoms with Gasteiger partial charge in [0.2, 0.25) is 0 Å². The molecule has 0 amide bonds. The summed E-state index contributed by atoms with van der Waals surface area (Å²) in [7, 11) is 1.20. The Morgan fingerprint density at radius 2 is 2.17 bits per heavy atom. The molecule has 0 radical (unpaired) electrons. The van der Waals surface area contributed by atoms with E-state index in [4.69, 9.17) is 21.1 Å². The minimum absolute atomic E-state index is 0.295. The number of aliphatic hydroxyl groups is 1. The lowest BCUT2D eigenvalue weighted by atomic mass is 10.0. The van der Waals surface area contributed by atoms with Crippen LogP contribution >= 0.6 is 11.6 Å². The van der Waals surface area contributed by atoms with Gasteiger partial charge in [-0.3, -0.25) is 0 Å². The molecule has 18 heavy (non-hydrogen) atoms. The SMILES string of the molecule is COC(=O)C(O)c1c(C)c(Cl)cc2c1OCCO2. The zero-order valence-electron chi connectivity index (χ0n) is 10.0. The average Bonchev–Trinajstić information content (AvgIpc) is 2.38. The summed E-state index contributed by atoms with van der Waals surface area (Å²) < 4.78 is 15.4. The monoisotopic (exact) mass is 272 g/mol. The van der Waals surface area contributed by atoms with Crippen molar-refractivity contribution < 1.29 is 24.1 Å². The summed E-state index contributed by atoms with van der Waals surface area (Å²) >= 11 is 6.04. The molecule has 1 aromatic rings. The van der Waals surface area contributed by atoms with Gasteiger partial charge in [0.15, 0.2) is 17.6 Å². The molecule has 98 valence electrons. The lowest BCUT2D eigenvalue weighted by Gasteiger charge is -2.24.